The number of rotatable bonds is 8. The van der Waals surface area contributed by atoms with Gasteiger partial charge in [0.2, 0.25) is 0 Å². The van der Waals surface area contributed by atoms with E-state index in [1.807, 2.05) is 13.0 Å². The number of phenolic OH excluding ortho intramolecular Hbond substituents is 1. The Bertz CT molecular complexity index is 694. The largest absolute Gasteiger partial charge is 0.507 e. The summed E-state index contributed by atoms with van der Waals surface area (Å²) in [5, 5.41) is 10.1. The van der Waals surface area contributed by atoms with Crippen molar-refractivity contribution in [3.05, 3.63) is 59.7 Å². The lowest BCUT2D eigenvalue weighted by molar-refractivity contribution is -0.144. The van der Waals surface area contributed by atoms with E-state index in [9.17, 15) is 14.7 Å². The molecule has 2 aromatic rings. The maximum Gasteiger partial charge on any atom is 0.305 e. The maximum atomic E-state index is 12.3. The molecule has 0 aromatic heterocycles. The summed E-state index contributed by atoms with van der Waals surface area (Å²) in [4.78, 5) is 23.5. The highest BCUT2D eigenvalue weighted by Gasteiger charge is 2.14. The Labute approximate surface area is 140 Å². The van der Waals surface area contributed by atoms with Crippen LogP contribution in [0.25, 0.3) is 0 Å². The van der Waals surface area contributed by atoms with Crippen LogP contribution in [-0.2, 0) is 9.53 Å². The van der Waals surface area contributed by atoms with Crippen LogP contribution in [-0.4, -0.2) is 30.1 Å². The molecule has 0 amide bonds. The van der Waals surface area contributed by atoms with E-state index in [2.05, 4.69) is 0 Å². The van der Waals surface area contributed by atoms with Crippen molar-refractivity contribution in [1.29, 1.82) is 0 Å². The zero-order chi connectivity index (χ0) is 17.4. The summed E-state index contributed by atoms with van der Waals surface area (Å²) in [6.07, 6.45) is 1.13. The first kappa shape index (κ1) is 17.5. The molecule has 0 saturated heterocycles. The highest BCUT2D eigenvalue weighted by Crippen LogP contribution is 2.25. The molecule has 0 unspecified atom stereocenters. The molecule has 2 rings (SSSR count). The van der Waals surface area contributed by atoms with Gasteiger partial charge in [0, 0.05) is 18.1 Å². The van der Waals surface area contributed by atoms with E-state index in [0.29, 0.717) is 17.7 Å². The predicted molar refractivity (Wildman–Crippen MR) is 89.3 cm³/mol. The van der Waals surface area contributed by atoms with Crippen LogP contribution in [0.1, 0.15) is 35.7 Å². The van der Waals surface area contributed by atoms with Crippen molar-refractivity contribution in [2.45, 2.75) is 19.8 Å². The Morgan fingerprint density at radius 3 is 2.46 bits per heavy atom. The van der Waals surface area contributed by atoms with Gasteiger partial charge in [-0.3, -0.25) is 9.59 Å². The van der Waals surface area contributed by atoms with Crippen LogP contribution in [0.5, 0.6) is 11.5 Å². The van der Waals surface area contributed by atoms with Crippen LogP contribution in [0.15, 0.2) is 48.5 Å². The van der Waals surface area contributed by atoms with E-state index >= 15 is 0 Å². The number of phenols is 1. The number of hydrogen-bond donors (Lipinski definition) is 1. The lowest BCUT2D eigenvalue weighted by atomic mass is 10.0. The third kappa shape index (κ3) is 4.84. The van der Waals surface area contributed by atoms with Crippen molar-refractivity contribution >= 4 is 11.8 Å². The van der Waals surface area contributed by atoms with Crippen LogP contribution in [0.4, 0.5) is 0 Å². The minimum atomic E-state index is -0.257. The SMILES string of the molecule is CCCC(=O)OCCOc1ccc(C(=O)c2ccccc2)c(O)c1. The van der Waals surface area contributed by atoms with Crippen LogP contribution in [0.3, 0.4) is 0 Å². The van der Waals surface area contributed by atoms with Crippen molar-refractivity contribution in [3.8, 4) is 11.5 Å². The van der Waals surface area contributed by atoms with Crippen LogP contribution < -0.4 is 4.74 Å². The molecular weight excluding hydrogens is 308 g/mol. The maximum absolute atomic E-state index is 12.3. The van der Waals surface area contributed by atoms with E-state index < -0.39 is 0 Å². The Morgan fingerprint density at radius 1 is 1.04 bits per heavy atom. The van der Waals surface area contributed by atoms with Crippen molar-refractivity contribution in [2.75, 3.05) is 13.2 Å². The quantitative estimate of drug-likeness (QED) is 0.457. The summed E-state index contributed by atoms with van der Waals surface area (Å²) in [6.45, 7) is 2.23. The number of ether oxygens (including phenoxy) is 2. The van der Waals surface area contributed by atoms with Gasteiger partial charge in [-0.2, -0.15) is 0 Å². The summed E-state index contributed by atoms with van der Waals surface area (Å²) < 4.78 is 10.4. The van der Waals surface area contributed by atoms with Gasteiger partial charge >= 0.3 is 5.97 Å². The Balaban J connectivity index is 1.92. The second kappa shape index (κ2) is 8.72. The number of carbonyl (C=O) groups is 2. The standard InChI is InChI=1S/C19H20O5/c1-2-6-18(21)24-12-11-23-15-9-10-16(17(20)13-15)19(22)14-7-4-3-5-8-14/h3-5,7-10,13,20H,2,6,11-12H2,1H3. The zero-order valence-electron chi connectivity index (χ0n) is 13.5. The molecule has 0 aliphatic rings. The molecule has 0 spiro atoms. The Morgan fingerprint density at radius 2 is 1.79 bits per heavy atom. The molecule has 1 N–H and O–H groups in total. The first-order chi connectivity index (χ1) is 11.6. The van der Waals surface area contributed by atoms with Gasteiger partial charge in [0.15, 0.2) is 5.78 Å². The molecular formula is C19H20O5. The summed E-state index contributed by atoms with van der Waals surface area (Å²) in [5.41, 5.74) is 0.715. The molecule has 0 fully saturated rings. The smallest absolute Gasteiger partial charge is 0.305 e. The number of aromatic hydroxyl groups is 1. The minimum Gasteiger partial charge on any atom is -0.507 e. The van der Waals surface area contributed by atoms with Crippen LogP contribution in [0, 0.1) is 0 Å². The molecule has 0 bridgehead atoms. The highest BCUT2D eigenvalue weighted by molar-refractivity contribution is 6.10. The van der Waals surface area contributed by atoms with Crippen LogP contribution >= 0.6 is 0 Å². The molecule has 0 atom stereocenters. The average molecular weight is 328 g/mol. The van der Waals surface area contributed by atoms with Gasteiger partial charge < -0.3 is 14.6 Å². The average Bonchev–Trinajstić information content (AvgIpc) is 2.59. The summed E-state index contributed by atoms with van der Waals surface area (Å²) in [5.74, 6) is -0.256. The molecule has 0 heterocycles. The molecule has 5 nitrogen and oxygen atoms in total. The van der Waals surface area contributed by atoms with Gasteiger partial charge in [-0.15, -0.1) is 0 Å². The number of esters is 1. The second-order valence-corrected chi connectivity index (χ2v) is 5.19. The molecule has 5 heteroatoms. The zero-order valence-corrected chi connectivity index (χ0v) is 13.5. The van der Waals surface area contributed by atoms with Crippen molar-refractivity contribution < 1.29 is 24.2 Å². The van der Waals surface area contributed by atoms with E-state index in [4.69, 9.17) is 9.47 Å². The van der Waals surface area contributed by atoms with Gasteiger partial charge in [0.1, 0.15) is 24.7 Å². The fraction of sp³-hybridized carbons (Fsp3) is 0.263. The van der Waals surface area contributed by atoms with Crippen molar-refractivity contribution in [2.24, 2.45) is 0 Å². The van der Waals surface area contributed by atoms with Gasteiger partial charge in [0.25, 0.3) is 0 Å². The van der Waals surface area contributed by atoms with Crippen molar-refractivity contribution in [1.82, 2.24) is 0 Å². The van der Waals surface area contributed by atoms with E-state index in [1.54, 1.807) is 30.3 Å². The third-order valence-electron chi connectivity index (χ3n) is 3.32. The number of ketones is 1. The third-order valence-corrected chi connectivity index (χ3v) is 3.32. The second-order valence-electron chi connectivity index (χ2n) is 5.19. The van der Waals surface area contributed by atoms with E-state index in [0.717, 1.165) is 6.42 Å². The van der Waals surface area contributed by atoms with Gasteiger partial charge in [-0.1, -0.05) is 37.3 Å². The lowest BCUT2D eigenvalue weighted by Crippen LogP contribution is -2.11. The molecule has 2 aromatic carbocycles. The monoisotopic (exact) mass is 328 g/mol. The topological polar surface area (TPSA) is 72.8 Å². The summed E-state index contributed by atoms with van der Waals surface area (Å²) in [7, 11) is 0. The van der Waals surface area contributed by atoms with Crippen molar-refractivity contribution in [3.63, 3.8) is 0 Å². The van der Waals surface area contributed by atoms with Crippen LogP contribution in [0.2, 0.25) is 0 Å². The molecule has 0 aliphatic carbocycles. The first-order valence-electron chi connectivity index (χ1n) is 7.83. The Kier molecular flexibility index (Phi) is 6.37. The summed E-state index contributed by atoms with van der Waals surface area (Å²) >= 11 is 0. The molecule has 0 saturated carbocycles. The molecule has 0 aliphatic heterocycles. The number of carbonyl (C=O) groups excluding carboxylic acids is 2. The molecule has 126 valence electrons. The fourth-order valence-corrected chi connectivity index (χ4v) is 2.13. The molecule has 0 radical (unpaired) electrons. The fourth-order valence-electron chi connectivity index (χ4n) is 2.13. The number of hydrogen-bond acceptors (Lipinski definition) is 5. The van der Waals surface area contributed by atoms with E-state index in [1.165, 1.54) is 12.1 Å². The highest BCUT2D eigenvalue weighted by atomic mass is 16.6. The molecule has 24 heavy (non-hydrogen) atoms. The summed E-state index contributed by atoms with van der Waals surface area (Å²) in [6, 6.07) is 13.2. The van der Waals surface area contributed by atoms with Gasteiger partial charge in [0.05, 0.1) is 5.56 Å². The minimum absolute atomic E-state index is 0.143. The number of benzene rings is 2. The lowest BCUT2D eigenvalue weighted by Gasteiger charge is -2.09. The normalized spacial score (nSPS) is 10.2. The first-order valence-corrected chi connectivity index (χ1v) is 7.83. The van der Waals surface area contributed by atoms with Gasteiger partial charge in [-0.05, 0) is 18.6 Å². The Hall–Kier alpha value is -2.82. The van der Waals surface area contributed by atoms with Gasteiger partial charge in [-0.25, -0.2) is 0 Å². The predicted octanol–water partition coefficient (Wildman–Crippen LogP) is 3.35. The van der Waals surface area contributed by atoms with E-state index in [-0.39, 0.29) is 36.3 Å².